The molecule has 110 valence electrons. The Morgan fingerprint density at radius 2 is 1.86 bits per heavy atom. The van der Waals surface area contributed by atoms with Crippen molar-refractivity contribution in [1.29, 1.82) is 0 Å². The highest BCUT2D eigenvalue weighted by atomic mass is 16.4. The van der Waals surface area contributed by atoms with E-state index in [0.29, 0.717) is 5.69 Å². The maximum Gasteiger partial charge on any atom is 0.358 e. The van der Waals surface area contributed by atoms with Crippen LogP contribution in [0.25, 0.3) is 16.9 Å². The Morgan fingerprint density at radius 1 is 1.09 bits per heavy atom. The molecule has 0 saturated heterocycles. The normalized spacial score (nSPS) is 10.6. The van der Waals surface area contributed by atoms with Crippen LogP contribution in [0.15, 0.2) is 48.5 Å². The number of hydrogen-bond acceptors (Lipinski definition) is 3. The third-order valence-electron chi connectivity index (χ3n) is 3.51. The summed E-state index contributed by atoms with van der Waals surface area (Å²) in [5.74, 6) is -1.09. The van der Waals surface area contributed by atoms with E-state index in [9.17, 15) is 9.90 Å². The number of benzene rings is 2. The van der Waals surface area contributed by atoms with Crippen molar-refractivity contribution in [3.63, 3.8) is 0 Å². The zero-order valence-electron chi connectivity index (χ0n) is 12.3. The Bertz CT molecular complexity index is 853. The fraction of sp³-hybridized carbons (Fsp3) is 0.118. The first-order valence-corrected chi connectivity index (χ1v) is 6.90. The molecule has 1 N–H and O–H groups in total. The molecule has 0 atom stereocenters. The molecule has 5 nitrogen and oxygen atoms in total. The third-order valence-corrected chi connectivity index (χ3v) is 3.51. The Labute approximate surface area is 127 Å². The average molecular weight is 293 g/mol. The van der Waals surface area contributed by atoms with Crippen LogP contribution >= 0.6 is 0 Å². The summed E-state index contributed by atoms with van der Waals surface area (Å²) >= 11 is 0. The van der Waals surface area contributed by atoms with Gasteiger partial charge in [-0.05, 0) is 31.5 Å². The summed E-state index contributed by atoms with van der Waals surface area (Å²) in [4.78, 5) is 11.5. The second-order valence-electron chi connectivity index (χ2n) is 5.16. The van der Waals surface area contributed by atoms with E-state index in [1.165, 1.54) is 0 Å². The van der Waals surface area contributed by atoms with Crippen molar-refractivity contribution in [2.75, 3.05) is 0 Å². The highest BCUT2D eigenvalue weighted by molar-refractivity contribution is 5.93. The van der Waals surface area contributed by atoms with Crippen molar-refractivity contribution in [2.24, 2.45) is 0 Å². The van der Waals surface area contributed by atoms with Crippen molar-refractivity contribution < 1.29 is 9.90 Å². The first kappa shape index (κ1) is 14.0. The highest BCUT2D eigenvalue weighted by Gasteiger charge is 2.22. The molecule has 0 aliphatic carbocycles. The van der Waals surface area contributed by atoms with Gasteiger partial charge in [0.1, 0.15) is 5.69 Å². The molecule has 1 heterocycles. The van der Waals surface area contributed by atoms with E-state index < -0.39 is 5.97 Å². The molecule has 3 rings (SSSR count). The Morgan fingerprint density at radius 3 is 2.55 bits per heavy atom. The molecule has 0 spiro atoms. The number of carbonyl (C=O) groups is 1. The number of para-hydroxylation sites is 1. The first-order valence-electron chi connectivity index (χ1n) is 6.90. The van der Waals surface area contributed by atoms with Crippen LogP contribution in [0.4, 0.5) is 0 Å². The lowest BCUT2D eigenvalue weighted by molar-refractivity contribution is 0.0691. The van der Waals surface area contributed by atoms with Crippen molar-refractivity contribution in [1.82, 2.24) is 15.0 Å². The number of aromatic nitrogens is 3. The summed E-state index contributed by atoms with van der Waals surface area (Å²) in [6.07, 6.45) is 0. The first-order chi connectivity index (χ1) is 10.6. The van der Waals surface area contributed by atoms with Crippen molar-refractivity contribution in [3.05, 3.63) is 65.4 Å². The van der Waals surface area contributed by atoms with Gasteiger partial charge in [-0.3, -0.25) is 0 Å². The predicted molar refractivity (Wildman–Crippen MR) is 83.2 cm³/mol. The van der Waals surface area contributed by atoms with Gasteiger partial charge in [-0.2, -0.15) is 0 Å². The molecule has 0 radical (unpaired) electrons. The summed E-state index contributed by atoms with van der Waals surface area (Å²) in [7, 11) is 0. The summed E-state index contributed by atoms with van der Waals surface area (Å²) in [6.45, 7) is 3.92. The van der Waals surface area contributed by atoms with Crippen molar-refractivity contribution in [3.8, 4) is 16.9 Å². The van der Waals surface area contributed by atoms with E-state index in [4.69, 9.17) is 0 Å². The topological polar surface area (TPSA) is 68.0 Å². The fourth-order valence-electron chi connectivity index (χ4n) is 2.45. The number of carboxylic acids is 1. The zero-order chi connectivity index (χ0) is 15.7. The molecular weight excluding hydrogens is 278 g/mol. The zero-order valence-corrected chi connectivity index (χ0v) is 12.3. The molecule has 0 bridgehead atoms. The van der Waals surface area contributed by atoms with Gasteiger partial charge in [0.2, 0.25) is 0 Å². The number of carboxylic acid groups (broad SMARTS) is 1. The summed E-state index contributed by atoms with van der Waals surface area (Å²) in [5, 5.41) is 17.3. The van der Waals surface area contributed by atoms with Gasteiger partial charge in [-0.1, -0.05) is 47.2 Å². The smallest absolute Gasteiger partial charge is 0.358 e. The van der Waals surface area contributed by atoms with E-state index in [-0.39, 0.29) is 5.69 Å². The van der Waals surface area contributed by atoms with Crippen LogP contribution in [0.5, 0.6) is 0 Å². The lowest BCUT2D eigenvalue weighted by Gasteiger charge is -2.10. The molecule has 0 saturated carbocycles. The van der Waals surface area contributed by atoms with Crippen LogP contribution in [0.2, 0.25) is 0 Å². The van der Waals surface area contributed by atoms with Crippen LogP contribution in [0.3, 0.4) is 0 Å². The number of rotatable bonds is 3. The fourth-order valence-corrected chi connectivity index (χ4v) is 2.45. The van der Waals surface area contributed by atoms with Gasteiger partial charge in [0.25, 0.3) is 0 Å². The second-order valence-corrected chi connectivity index (χ2v) is 5.16. The standard InChI is InChI=1S/C17H15N3O2/c1-11-6-5-8-13(10-11)16-15(17(21)22)18-19-20(16)14-9-4-3-7-12(14)2/h3-10H,1-2H3,(H,21,22). The van der Waals surface area contributed by atoms with Crippen LogP contribution in [-0.2, 0) is 0 Å². The second kappa shape index (κ2) is 5.44. The molecule has 0 aliphatic heterocycles. The van der Waals surface area contributed by atoms with Crippen LogP contribution in [0.1, 0.15) is 21.6 Å². The van der Waals surface area contributed by atoms with Crippen LogP contribution in [0, 0.1) is 13.8 Å². The monoisotopic (exact) mass is 293 g/mol. The molecule has 22 heavy (non-hydrogen) atoms. The minimum absolute atomic E-state index is 0.0474. The van der Waals surface area contributed by atoms with E-state index in [1.54, 1.807) is 4.68 Å². The van der Waals surface area contributed by atoms with Gasteiger partial charge < -0.3 is 5.11 Å². The lowest BCUT2D eigenvalue weighted by atomic mass is 10.1. The van der Waals surface area contributed by atoms with Crippen molar-refractivity contribution in [2.45, 2.75) is 13.8 Å². The van der Waals surface area contributed by atoms with E-state index in [0.717, 1.165) is 22.4 Å². The van der Waals surface area contributed by atoms with Gasteiger partial charge in [0.15, 0.2) is 5.69 Å². The van der Waals surface area contributed by atoms with Gasteiger partial charge in [-0.15, -0.1) is 5.10 Å². The molecule has 2 aromatic carbocycles. The predicted octanol–water partition coefficient (Wildman–Crippen LogP) is 3.25. The SMILES string of the molecule is Cc1cccc(-c2c(C(=O)O)nnn2-c2ccccc2C)c1. The molecule has 3 aromatic rings. The molecule has 0 amide bonds. The lowest BCUT2D eigenvalue weighted by Crippen LogP contribution is -2.04. The number of aryl methyl sites for hydroxylation is 2. The number of nitrogens with zero attached hydrogens (tertiary/aromatic N) is 3. The maximum atomic E-state index is 11.5. The van der Waals surface area contributed by atoms with E-state index >= 15 is 0 Å². The number of hydrogen-bond donors (Lipinski definition) is 1. The van der Waals surface area contributed by atoms with Crippen LogP contribution in [-0.4, -0.2) is 26.1 Å². The highest BCUT2D eigenvalue weighted by Crippen LogP contribution is 2.27. The largest absolute Gasteiger partial charge is 0.476 e. The molecule has 0 aliphatic rings. The quantitative estimate of drug-likeness (QED) is 0.805. The Balaban J connectivity index is 2.29. The minimum Gasteiger partial charge on any atom is -0.476 e. The average Bonchev–Trinajstić information content (AvgIpc) is 2.92. The number of aromatic carboxylic acids is 1. The third kappa shape index (κ3) is 2.37. The van der Waals surface area contributed by atoms with Gasteiger partial charge >= 0.3 is 5.97 Å². The summed E-state index contributed by atoms with van der Waals surface area (Å²) in [5.41, 5.74) is 4.09. The Hall–Kier alpha value is -2.95. The van der Waals surface area contributed by atoms with Crippen LogP contribution < -0.4 is 0 Å². The van der Waals surface area contributed by atoms with Gasteiger partial charge in [-0.25, -0.2) is 9.48 Å². The molecule has 0 unspecified atom stereocenters. The summed E-state index contributed by atoms with van der Waals surface area (Å²) in [6, 6.07) is 15.3. The molecular formula is C17H15N3O2. The molecule has 5 heteroatoms. The van der Waals surface area contributed by atoms with E-state index in [1.807, 2.05) is 62.4 Å². The summed E-state index contributed by atoms with van der Waals surface area (Å²) < 4.78 is 1.59. The van der Waals surface area contributed by atoms with Crippen molar-refractivity contribution >= 4 is 5.97 Å². The molecule has 1 aromatic heterocycles. The van der Waals surface area contributed by atoms with Gasteiger partial charge in [0.05, 0.1) is 5.69 Å². The maximum absolute atomic E-state index is 11.5. The Kier molecular flexibility index (Phi) is 3.47. The minimum atomic E-state index is -1.09. The van der Waals surface area contributed by atoms with Gasteiger partial charge in [0, 0.05) is 5.56 Å². The van der Waals surface area contributed by atoms with E-state index in [2.05, 4.69) is 10.3 Å². The molecule has 0 fully saturated rings.